The number of para-hydroxylation sites is 1. The molecule has 5 nitrogen and oxygen atoms in total. The summed E-state index contributed by atoms with van der Waals surface area (Å²) in [5.74, 6) is -0.205. The van der Waals surface area contributed by atoms with E-state index in [2.05, 4.69) is 10.4 Å². The first-order chi connectivity index (χ1) is 10.1. The monoisotopic (exact) mass is 289 g/mol. The first-order valence-corrected chi connectivity index (χ1v) is 7.43. The van der Waals surface area contributed by atoms with Crippen LogP contribution in [0.15, 0.2) is 30.5 Å². The van der Waals surface area contributed by atoms with E-state index in [9.17, 15) is 4.79 Å². The molecule has 1 unspecified atom stereocenters. The van der Waals surface area contributed by atoms with E-state index in [0.29, 0.717) is 19.6 Å². The smallest absolute Gasteiger partial charge is 0.326 e. The summed E-state index contributed by atoms with van der Waals surface area (Å²) in [5, 5.41) is 8.75. The minimum Gasteiger partial charge on any atom is -0.465 e. The molecule has 0 spiro atoms. The van der Waals surface area contributed by atoms with Crippen molar-refractivity contribution in [3.8, 4) is 0 Å². The number of fused-ring (bicyclic) bond motifs is 1. The zero-order valence-electron chi connectivity index (χ0n) is 12.9. The normalized spacial score (nSPS) is 14.0. The first-order valence-electron chi connectivity index (χ1n) is 7.43. The zero-order valence-corrected chi connectivity index (χ0v) is 12.9. The standard InChI is InChI=1S/C16H23N3O2/c1-4-17-16(3,15(20)21-5-2)10-11-19-14-9-7-6-8-13(14)12-18-19/h6-9,12,17H,4-5,10-11H2,1-3H3. The highest BCUT2D eigenvalue weighted by molar-refractivity contribution is 5.80. The van der Waals surface area contributed by atoms with Crippen molar-refractivity contribution in [2.45, 2.75) is 39.3 Å². The number of nitrogens with one attached hydrogen (secondary N) is 1. The zero-order chi connectivity index (χ0) is 15.3. The van der Waals surface area contributed by atoms with E-state index in [1.165, 1.54) is 0 Å². The number of nitrogens with zero attached hydrogens (tertiary/aromatic N) is 2. The molecule has 1 atom stereocenters. The number of likely N-dealkylation sites (N-methyl/N-ethyl adjacent to an activating group) is 1. The summed E-state index contributed by atoms with van der Waals surface area (Å²) < 4.78 is 7.12. The Hall–Kier alpha value is -1.88. The number of carbonyl (C=O) groups is 1. The lowest BCUT2D eigenvalue weighted by Crippen LogP contribution is -2.51. The lowest BCUT2D eigenvalue weighted by molar-refractivity contribution is -0.150. The second-order valence-electron chi connectivity index (χ2n) is 5.26. The Kier molecular flexibility index (Phi) is 4.96. The predicted octanol–water partition coefficient (Wildman–Crippen LogP) is 2.36. The summed E-state index contributed by atoms with van der Waals surface area (Å²) in [4.78, 5) is 12.2. The van der Waals surface area contributed by atoms with Crippen LogP contribution >= 0.6 is 0 Å². The molecule has 0 aliphatic rings. The largest absolute Gasteiger partial charge is 0.465 e. The summed E-state index contributed by atoms with van der Waals surface area (Å²) in [5.41, 5.74) is 0.401. The van der Waals surface area contributed by atoms with Crippen LogP contribution < -0.4 is 5.32 Å². The Labute approximate surface area is 125 Å². The molecule has 0 aliphatic heterocycles. The van der Waals surface area contributed by atoms with Gasteiger partial charge in [-0.2, -0.15) is 5.10 Å². The number of aryl methyl sites for hydroxylation is 1. The highest BCUT2D eigenvalue weighted by Gasteiger charge is 2.33. The molecule has 21 heavy (non-hydrogen) atoms. The van der Waals surface area contributed by atoms with Crippen LogP contribution in [0.2, 0.25) is 0 Å². The van der Waals surface area contributed by atoms with Gasteiger partial charge < -0.3 is 10.1 Å². The number of esters is 1. The van der Waals surface area contributed by atoms with Gasteiger partial charge in [0.2, 0.25) is 0 Å². The Morgan fingerprint density at radius 1 is 1.38 bits per heavy atom. The minimum absolute atomic E-state index is 0.205. The molecule has 0 saturated carbocycles. The molecule has 0 aliphatic carbocycles. The van der Waals surface area contributed by atoms with Crippen molar-refractivity contribution < 1.29 is 9.53 Å². The maximum Gasteiger partial charge on any atom is 0.326 e. The molecule has 0 fully saturated rings. The molecule has 0 saturated heterocycles. The molecule has 1 aromatic heterocycles. The molecule has 0 radical (unpaired) electrons. The van der Waals surface area contributed by atoms with Crippen molar-refractivity contribution >= 4 is 16.9 Å². The molecular formula is C16H23N3O2. The first kappa shape index (κ1) is 15.5. The molecule has 5 heteroatoms. The quantitative estimate of drug-likeness (QED) is 0.795. The van der Waals surface area contributed by atoms with Crippen LogP contribution in [-0.4, -0.2) is 34.4 Å². The second-order valence-corrected chi connectivity index (χ2v) is 5.26. The highest BCUT2D eigenvalue weighted by atomic mass is 16.5. The Morgan fingerprint density at radius 3 is 2.86 bits per heavy atom. The van der Waals surface area contributed by atoms with Crippen molar-refractivity contribution in [2.75, 3.05) is 13.2 Å². The van der Waals surface area contributed by atoms with Gasteiger partial charge in [0.15, 0.2) is 0 Å². The Morgan fingerprint density at radius 2 is 2.14 bits per heavy atom. The fourth-order valence-corrected chi connectivity index (χ4v) is 2.48. The molecule has 2 rings (SSSR count). The number of benzene rings is 1. The van der Waals surface area contributed by atoms with Crippen LogP contribution in [-0.2, 0) is 16.1 Å². The average Bonchev–Trinajstić information content (AvgIpc) is 2.89. The van der Waals surface area contributed by atoms with Crippen LogP contribution in [0.4, 0.5) is 0 Å². The summed E-state index contributed by atoms with van der Waals surface area (Å²) in [6.07, 6.45) is 2.48. The van der Waals surface area contributed by atoms with Gasteiger partial charge in [0.05, 0.1) is 18.3 Å². The van der Waals surface area contributed by atoms with Gasteiger partial charge >= 0.3 is 5.97 Å². The van der Waals surface area contributed by atoms with Crippen LogP contribution in [0.1, 0.15) is 27.2 Å². The average molecular weight is 289 g/mol. The minimum atomic E-state index is -0.683. The van der Waals surface area contributed by atoms with Gasteiger partial charge in [0, 0.05) is 11.9 Å². The fourth-order valence-electron chi connectivity index (χ4n) is 2.48. The van der Waals surface area contributed by atoms with E-state index < -0.39 is 5.54 Å². The summed E-state index contributed by atoms with van der Waals surface area (Å²) in [6, 6.07) is 8.07. The van der Waals surface area contributed by atoms with Crippen molar-refractivity contribution in [2.24, 2.45) is 0 Å². The molecule has 1 N–H and O–H groups in total. The molecule has 0 bridgehead atoms. The number of rotatable bonds is 7. The topological polar surface area (TPSA) is 56.2 Å². The highest BCUT2D eigenvalue weighted by Crippen LogP contribution is 2.17. The molecular weight excluding hydrogens is 266 g/mol. The van der Waals surface area contributed by atoms with Gasteiger partial charge in [-0.25, -0.2) is 0 Å². The van der Waals surface area contributed by atoms with Crippen molar-refractivity contribution in [1.29, 1.82) is 0 Å². The lowest BCUT2D eigenvalue weighted by atomic mass is 9.98. The van der Waals surface area contributed by atoms with Crippen LogP contribution in [0.3, 0.4) is 0 Å². The van der Waals surface area contributed by atoms with Gasteiger partial charge in [-0.3, -0.25) is 9.48 Å². The van der Waals surface area contributed by atoms with Crippen LogP contribution in [0, 0.1) is 0 Å². The van der Waals surface area contributed by atoms with E-state index in [1.807, 2.05) is 55.9 Å². The van der Waals surface area contributed by atoms with E-state index >= 15 is 0 Å². The third kappa shape index (κ3) is 3.42. The molecule has 0 amide bonds. The molecule has 2 aromatic rings. The van der Waals surface area contributed by atoms with E-state index in [0.717, 1.165) is 17.4 Å². The fraction of sp³-hybridized carbons (Fsp3) is 0.500. The second kappa shape index (κ2) is 6.72. The number of carbonyl (C=O) groups excluding carboxylic acids is 1. The van der Waals surface area contributed by atoms with E-state index in [1.54, 1.807) is 0 Å². The Balaban J connectivity index is 2.13. The summed E-state index contributed by atoms with van der Waals surface area (Å²) in [6.45, 7) is 7.47. The van der Waals surface area contributed by atoms with Crippen LogP contribution in [0.5, 0.6) is 0 Å². The molecule has 1 heterocycles. The third-order valence-corrected chi connectivity index (χ3v) is 3.67. The number of hydrogen-bond donors (Lipinski definition) is 1. The Bertz CT molecular complexity index is 608. The van der Waals surface area contributed by atoms with Gasteiger partial charge in [-0.05, 0) is 32.9 Å². The van der Waals surface area contributed by atoms with Crippen molar-refractivity contribution in [3.63, 3.8) is 0 Å². The molecule has 114 valence electrons. The maximum absolute atomic E-state index is 12.2. The predicted molar refractivity (Wildman–Crippen MR) is 83.1 cm³/mol. The van der Waals surface area contributed by atoms with E-state index in [-0.39, 0.29) is 5.97 Å². The SMILES string of the molecule is CCNC(C)(CCn1ncc2ccccc21)C(=O)OCC. The third-order valence-electron chi connectivity index (χ3n) is 3.67. The maximum atomic E-state index is 12.2. The van der Waals surface area contributed by atoms with Crippen molar-refractivity contribution in [3.05, 3.63) is 30.5 Å². The van der Waals surface area contributed by atoms with Gasteiger partial charge in [0.25, 0.3) is 0 Å². The van der Waals surface area contributed by atoms with Crippen molar-refractivity contribution in [1.82, 2.24) is 15.1 Å². The van der Waals surface area contributed by atoms with Gasteiger partial charge in [0.1, 0.15) is 5.54 Å². The van der Waals surface area contributed by atoms with Gasteiger partial charge in [-0.15, -0.1) is 0 Å². The van der Waals surface area contributed by atoms with Crippen LogP contribution in [0.25, 0.3) is 10.9 Å². The molecule has 1 aromatic carbocycles. The summed E-state index contributed by atoms with van der Waals surface area (Å²) >= 11 is 0. The summed E-state index contributed by atoms with van der Waals surface area (Å²) in [7, 11) is 0. The number of aromatic nitrogens is 2. The van der Waals surface area contributed by atoms with E-state index in [4.69, 9.17) is 4.74 Å². The number of hydrogen-bond acceptors (Lipinski definition) is 4. The lowest BCUT2D eigenvalue weighted by Gasteiger charge is -2.28. The van der Waals surface area contributed by atoms with Gasteiger partial charge in [-0.1, -0.05) is 25.1 Å². The number of ether oxygens (including phenoxy) is 1.